The van der Waals surface area contributed by atoms with Crippen molar-refractivity contribution in [1.82, 2.24) is 10.6 Å². The van der Waals surface area contributed by atoms with Crippen molar-refractivity contribution in [2.24, 2.45) is 57.2 Å². The van der Waals surface area contributed by atoms with Gasteiger partial charge in [-0.3, -0.25) is 43.2 Å². The molecule has 8 aliphatic rings. The molecule has 636 valence electrons. The van der Waals surface area contributed by atoms with Crippen molar-refractivity contribution >= 4 is 71.1 Å². The lowest BCUT2D eigenvalue weighted by Crippen LogP contribution is -2.82. The first-order valence-corrected chi connectivity index (χ1v) is 40.1. The van der Waals surface area contributed by atoms with Crippen LogP contribution < -0.4 is 10.6 Å². The lowest BCUT2D eigenvalue weighted by molar-refractivity contribution is -0.346. The Labute approximate surface area is 686 Å². The van der Waals surface area contributed by atoms with Gasteiger partial charge in [-0.25, -0.2) is 14.4 Å². The Morgan fingerprint density at radius 1 is 0.475 bits per heavy atom. The number of nitrogens with one attached hydrogen (secondary N) is 2. The van der Waals surface area contributed by atoms with E-state index in [9.17, 15) is 68.4 Å². The van der Waals surface area contributed by atoms with Crippen LogP contribution in [0.5, 0.6) is 0 Å². The molecule has 118 heavy (non-hydrogen) atoms. The Morgan fingerprint density at radius 2 is 0.831 bits per heavy atom. The predicted octanol–water partition coefficient (Wildman–Crippen LogP) is 8.71. The SMILES string of the molecule is CC(=O)OC1C(=O)[C@@]2(C)C(C(OC(=O)c3ccccc3)C3(O)CC(OC(=O)[C@H](C)C(NC(=O)C(C)C)c4ccccc4)C(C)=C1C3(C)C)[C@]1(OC(C)=O)COC1C[C@@H]2C.CC(=O)OC1C(=O)[C@]2(C)C(O)CC3OC[C@@]3(OC(C)=O)C2C(OC(=O)c2ccccc2)C2(O)CC(OC(=O)C(O)C(NC(=O)C(C)C)c3ccccc3)C(C)=C1C2(C)C. The number of carbonyl (C=O) groups excluding carboxylic acids is 12. The molecule has 0 spiro atoms. The molecule has 0 radical (unpaired) electrons. The molecule has 4 aromatic carbocycles. The summed E-state index contributed by atoms with van der Waals surface area (Å²) in [6.07, 6.45) is -15.6. The summed E-state index contributed by atoms with van der Waals surface area (Å²) >= 11 is 0. The van der Waals surface area contributed by atoms with E-state index in [2.05, 4.69) is 10.6 Å². The second kappa shape index (κ2) is 33.4. The highest BCUT2D eigenvalue weighted by molar-refractivity contribution is 5.97. The summed E-state index contributed by atoms with van der Waals surface area (Å²) in [6.45, 7) is 27.2. The van der Waals surface area contributed by atoms with Gasteiger partial charge in [0.2, 0.25) is 11.8 Å². The zero-order valence-corrected chi connectivity index (χ0v) is 70.0. The maximum Gasteiger partial charge on any atom is 0.338 e. The maximum absolute atomic E-state index is 15.6. The first-order valence-electron chi connectivity index (χ1n) is 40.1. The van der Waals surface area contributed by atoms with E-state index in [1.165, 1.54) is 39.8 Å². The molecule has 6 fully saturated rings. The van der Waals surface area contributed by atoms with Gasteiger partial charge < -0.3 is 78.4 Å². The minimum atomic E-state index is -2.37. The van der Waals surface area contributed by atoms with Gasteiger partial charge in [0.25, 0.3) is 0 Å². The summed E-state index contributed by atoms with van der Waals surface area (Å²) in [6, 6.07) is 31.3. The van der Waals surface area contributed by atoms with E-state index in [4.69, 9.17) is 47.4 Å². The van der Waals surface area contributed by atoms with Crippen LogP contribution in [0.25, 0.3) is 0 Å². The monoisotopic (exact) mass is 1630 g/mol. The molecule has 0 aromatic heterocycles. The number of hydrogen-bond acceptors (Lipinski definition) is 26. The number of fused-ring (bicyclic) bond motifs is 10. The molecule has 2 saturated heterocycles. The summed E-state index contributed by atoms with van der Waals surface area (Å²) in [5.41, 5.74) is -12.5. The number of hydrogen-bond donors (Lipinski definition) is 6. The van der Waals surface area contributed by atoms with Crippen molar-refractivity contribution in [3.63, 3.8) is 0 Å². The molecule has 6 N–H and O–H groups in total. The van der Waals surface area contributed by atoms with E-state index in [1.54, 1.807) is 179 Å². The summed E-state index contributed by atoms with van der Waals surface area (Å²) < 4.78 is 61.3. The molecule has 2 amide bonds. The fourth-order valence-electron chi connectivity index (χ4n) is 19.9. The number of esters is 8. The molecule has 28 nitrogen and oxygen atoms in total. The summed E-state index contributed by atoms with van der Waals surface area (Å²) in [5, 5.41) is 56.7. The van der Waals surface area contributed by atoms with Crippen LogP contribution in [0.3, 0.4) is 0 Å². The number of carbonyl (C=O) groups is 12. The highest BCUT2D eigenvalue weighted by atomic mass is 16.6. The molecule has 2 aliphatic heterocycles. The van der Waals surface area contributed by atoms with Crippen molar-refractivity contribution in [1.29, 1.82) is 0 Å². The van der Waals surface area contributed by atoms with Crippen LogP contribution in [0, 0.1) is 57.2 Å². The van der Waals surface area contributed by atoms with Crippen molar-refractivity contribution in [2.75, 3.05) is 13.2 Å². The predicted molar refractivity (Wildman–Crippen MR) is 420 cm³/mol. The molecular formula is C90H110N2O26. The minimum Gasteiger partial charge on any atom is -0.457 e. The van der Waals surface area contributed by atoms with Crippen LogP contribution in [0.15, 0.2) is 144 Å². The van der Waals surface area contributed by atoms with Gasteiger partial charge in [-0.15, -0.1) is 0 Å². The summed E-state index contributed by atoms with van der Waals surface area (Å²) in [4.78, 5) is 166. The van der Waals surface area contributed by atoms with Gasteiger partial charge in [0, 0.05) is 75.0 Å². The molecule has 4 aromatic rings. The third kappa shape index (κ3) is 15.4. The maximum atomic E-state index is 15.6. The highest BCUT2D eigenvalue weighted by Crippen LogP contribution is 2.68. The molecule has 22 atom stereocenters. The van der Waals surface area contributed by atoms with E-state index in [1.807, 2.05) is 13.0 Å². The molecule has 4 bridgehead atoms. The number of ether oxygens (including phenoxy) is 10. The summed E-state index contributed by atoms with van der Waals surface area (Å²) in [5.74, 6) is -14.0. The first kappa shape index (κ1) is 89.0. The standard InChI is InChI=1S/C46H57NO12.C44H53NO14/c1-24(2)40(51)47-35(30-17-13-11-14-18-30)27(5)41(52)57-32-22-46(54)39(58-42(53)31-19-15-12-16-20-31)37-44(10,25(3)21-33-45(37,23-55-33)59-29(7)49)38(50)36(56-28(6)48)34(26(32)4)43(46,8)9;1-22(2)38(51)45-32(26-15-11-9-12-16-26)33(49)40(53)57-28-20-44(54)37(58-39(52)27-17-13-10-14-18-27)35-42(8,29(48)19-30-43(35,21-55-30)59-25(5)47)36(50)34(56-24(4)46)31(23(28)3)41(44,6)7/h11-20,24-25,27,32-33,35-37,39,54H,21-23H2,1-10H3,(H,47,51);9-18,22,28-30,32-35,37,48-49,54H,19-21H2,1-8H3,(H,45,51)/t25-,27+,32?,33?,35?,36?,37?,39?,44+,45-,46?;28?,29?,30?,32?,33?,34?,35?,37?,42-,43+,44?/m01/s1. The number of aliphatic hydroxyl groups excluding tert-OH is 2. The Hall–Kier alpha value is -9.84. The van der Waals surface area contributed by atoms with Crippen molar-refractivity contribution < 1.29 is 125 Å². The van der Waals surface area contributed by atoms with E-state index < -0.39 is 218 Å². The average Bonchev–Trinajstić information content (AvgIpc) is 0.672. The fourth-order valence-corrected chi connectivity index (χ4v) is 19.9. The second-order valence-electron chi connectivity index (χ2n) is 35.1. The lowest BCUT2D eigenvalue weighted by Gasteiger charge is -2.68. The first-order chi connectivity index (χ1) is 55.2. The Bertz CT molecular complexity index is 4350. The van der Waals surface area contributed by atoms with Gasteiger partial charge in [-0.2, -0.15) is 0 Å². The van der Waals surface area contributed by atoms with Crippen LogP contribution in [0.1, 0.15) is 194 Å². The quantitative estimate of drug-likeness (QED) is 0.0273. The van der Waals surface area contributed by atoms with Crippen LogP contribution in [0.2, 0.25) is 0 Å². The van der Waals surface area contributed by atoms with Gasteiger partial charge in [0.05, 0.1) is 65.7 Å². The van der Waals surface area contributed by atoms with E-state index in [0.717, 1.165) is 13.8 Å². The van der Waals surface area contributed by atoms with Crippen molar-refractivity contribution in [2.45, 2.75) is 246 Å². The Balaban J connectivity index is 0.000000231. The van der Waals surface area contributed by atoms with Crippen LogP contribution in [-0.4, -0.2) is 188 Å². The smallest absolute Gasteiger partial charge is 0.338 e. The van der Waals surface area contributed by atoms with Gasteiger partial charge in [0.1, 0.15) is 47.8 Å². The van der Waals surface area contributed by atoms with E-state index in [0.29, 0.717) is 16.7 Å². The lowest BCUT2D eigenvalue weighted by atomic mass is 9.43. The minimum absolute atomic E-state index is 0.00705. The van der Waals surface area contributed by atoms with Gasteiger partial charge in [0.15, 0.2) is 41.1 Å². The zero-order chi connectivity index (χ0) is 86.8. The molecule has 28 heteroatoms. The molecule has 6 aliphatic carbocycles. The fraction of sp³-hybridized carbons (Fsp3) is 0.556. The summed E-state index contributed by atoms with van der Waals surface area (Å²) in [7, 11) is 0. The molecular weight excluding hydrogens is 1520 g/mol. The molecule has 4 saturated carbocycles. The largest absolute Gasteiger partial charge is 0.457 e. The Morgan fingerprint density at radius 3 is 1.20 bits per heavy atom. The number of rotatable bonds is 20. The van der Waals surface area contributed by atoms with Crippen molar-refractivity contribution in [3.8, 4) is 0 Å². The molecule has 12 rings (SSSR count). The number of aliphatic hydroxyl groups is 4. The second-order valence-corrected chi connectivity index (χ2v) is 35.1. The number of ketones is 2. The van der Waals surface area contributed by atoms with Crippen LogP contribution in [-0.2, 0) is 95.3 Å². The van der Waals surface area contributed by atoms with E-state index >= 15 is 9.59 Å². The molecule has 2 heterocycles. The number of Topliss-reactive ketones (excluding diaryl/α,β-unsaturated/α-hetero) is 2. The Kier molecular flexibility index (Phi) is 25.2. The number of benzene rings is 4. The van der Waals surface area contributed by atoms with Gasteiger partial charge >= 0.3 is 47.8 Å². The molecule has 16 unspecified atom stereocenters. The zero-order valence-electron chi connectivity index (χ0n) is 70.0. The van der Waals surface area contributed by atoms with E-state index in [-0.39, 0.29) is 72.1 Å². The van der Waals surface area contributed by atoms with Gasteiger partial charge in [-0.1, -0.05) is 166 Å². The highest BCUT2D eigenvalue weighted by Gasteiger charge is 2.80. The number of amides is 2. The van der Waals surface area contributed by atoms with Crippen molar-refractivity contribution in [3.05, 3.63) is 166 Å². The average molecular weight is 1640 g/mol. The normalized spacial score (nSPS) is 33.1. The van der Waals surface area contributed by atoms with Gasteiger partial charge in [-0.05, 0) is 97.7 Å². The third-order valence-electron chi connectivity index (χ3n) is 26.7. The topological polar surface area (TPSA) is 402 Å². The third-order valence-corrected chi connectivity index (χ3v) is 26.7. The van der Waals surface area contributed by atoms with Crippen LogP contribution >= 0.6 is 0 Å². The van der Waals surface area contributed by atoms with Crippen LogP contribution in [0.4, 0.5) is 0 Å².